The number of para-hydroxylation sites is 1. The third kappa shape index (κ3) is 3.81. The summed E-state index contributed by atoms with van der Waals surface area (Å²) < 4.78 is 11.2. The summed E-state index contributed by atoms with van der Waals surface area (Å²) in [5.41, 5.74) is 6.32. The molecule has 7 nitrogen and oxygen atoms in total. The zero-order valence-corrected chi connectivity index (χ0v) is 14.6. The fourth-order valence-corrected chi connectivity index (χ4v) is 3.55. The summed E-state index contributed by atoms with van der Waals surface area (Å²) in [5.74, 6) is 1.30. The molecule has 0 aliphatic carbocycles. The summed E-state index contributed by atoms with van der Waals surface area (Å²) in [6.45, 7) is 2.70. The second-order valence-electron chi connectivity index (χ2n) is 6.53. The molecule has 3 amide bonds. The molecule has 2 heterocycles. The molecule has 1 saturated heterocycles. The molecule has 0 bridgehead atoms. The van der Waals surface area contributed by atoms with Gasteiger partial charge in [-0.2, -0.15) is 0 Å². The first kappa shape index (κ1) is 17.4. The number of fused-ring (bicyclic) bond motifs is 1. The zero-order chi connectivity index (χ0) is 17.8. The van der Waals surface area contributed by atoms with E-state index < -0.39 is 6.03 Å². The minimum absolute atomic E-state index is 0.0848. The monoisotopic (exact) mass is 347 g/mol. The number of carbonyl (C=O) groups is 2. The molecule has 0 radical (unpaired) electrons. The number of nitrogens with zero attached hydrogens (tertiary/aromatic N) is 2. The molecule has 1 aromatic rings. The molecule has 136 valence electrons. The van der Waals surface area contributed by atoms with Gasteiger partial charge in [-0.3, -0.25) is 4.79 Å². The predicted molar refractivity (Wildman–Crippen MR) is 92.4 cm³/mol. The average molecular weight is 347 g/mol. The zero-order valence-electron chi connectivity index (χ0n) is 14.6. The molecular weight excluding hydrogens is 322 g/mol. The highest BCUT2D eigenvalue weighted by molar-refractivity contribution is 5.80. The number of hydrogen-bond acceptors (Lipinski definition) is 4. The van der Waals surface area contributed by atoms with Crippen LogP contribution < -0.4 is 15.2 Å². The fraction of sp³-hybridized carbons (Fsp3) is 0.556. The highest BCUT2D eigenvalue weighted by Crippen LogP contribution is 2.33. The van der Waals surface area contributed by atoms with Crippen LogP contribution in [0.25, 0.3) is 0 Å². The van der Waals surface area contributed by atoms with E-state index in [1.807, 2.05) is 23.1 Å². The number of rotatable bonds is 2. The fourth-order valence-electron chi connectivity index (χ4n) is 3.55. The molecule has 2 N–H and O–H groups in total. The molecule has 0 spiro atoms. The molecule has 25 heavy (non-hydrogen) atoms. The van der Waals surface area contributed by atoms with Crippen LogP contribution in [0.5, 0.6) is 11.5 Å². The smallest absolute Gasteiger partial charge is 0.314 e. The standard InChI is InChI=1S/C18H25N3O4/c1-24-15-7-2-5-13-11-20(9-4-10-25-16(13)15)17(22)14-6-3-8-21(12-14)18(19)23/h2,5,7,14H,3-4,6,8-12H2,1H3,(H2,19,23)/t14-/m1/s1. The van der Waals surface area contributed by atoms with Gasteiger partial charge in [0.05, 0.1) is 19.6 Å². The number of methoxy groups -OCH3 is 1. The predicted octanol–water partition coefficient (Wildman–Crippen LogP) is 1.60. The number of urea groups is 1. The lowest BCUT2D eigenvalue weighted by Gasteiger charge is -2.35. The molecule has 2 aliphatic heterocycles. The first-order valence-corrected chi connectivity index (χ1v) is 8.72. The summed E-state index contributed by atoms with van der Waals surface area (Å²) in [7, 11) is 1.61. The SMILES string of the molecule is COc1cccc2c1OCCCN(C(=O)[C@@H]1CCCN(C(N)=O)C1)C2. The van der Waals surface area contributed by atoms with Crippen molar-refractivity contribution in [3.8, 4) is 11.5 Å². The summed E-state index contributed by atoms with van der Waals surface area (Å²) in [4.78, 5) is 27.9. The topological polar surface area (TPSA) is 85.1 Å². The summed E-state index contributed by atoms with van der Waals surface area (Å²) in [5, 5.41) is 0. The summed E-state index contributed by atoms with van der Waals surface area (Å²) >= 11 is 0. The maximum atomic E-state index is 13.0. The van der Waals surface area contributed by atoms with Crippen LogP contribution in [0.1, 0.15) is 24.8 Å². The number of primary amides is 1. The Morgan fingerprint density at radius 2 is 2.04 bits per heavy atom. The molecule has 3 rings (SSSR count). The second-order valence-corrected chi connectivity index (χ2v) is 6.53. The van der Waals surface area contributed by atoms with E-state index >= 15 is 0 Å². The number of amides is 3. The van der Waals surface area contributed by atoms with E-state index in [-0.39, 0.29) is 11.8 Å². The summed E-state index contributed by atoms with van der Waals surface area (Å²) in [6.07, 6.45) is 2.36. The van der Waals surface area contributed by atoms with Gasteiger partial charge in [0.25, 0.3) is 0 Å². The van der Waals surface area contributed by atoms with Gasteiger partial charge >= 0.3 is 6.03 Å². The number of carbonyl (C=O) groups excluding carboxylic acids is 2. The minimum atomic E-state index is -0.450. The number of benzene rings is 1. The van der Waals surface area contributed by atoms with Crippen LogP contribution in [0, 0.1) is 5.92 Å². The number of ether oxygens (including phenoxy) is 2. The lowest BCUT2D eigenvalue weighted by molar-refractivity contribution is -0.137. The van der Waals surface area contributed by atoms with Gasteiger partial charge in [0.2, 0.25) is 5.91 Å². The molecule has 1 fully saturated rings. The number of nitrogens with two attached hydrogens (primary N) is 1. The Hall–Kier alpha value is -2.44. The Balaban J connectivity index is 1.77. The van der Waals surface area contributed by atoms with Gasteiger partial charge in [0.1, 0.15) is 0 Å². The average Bonchev–Trinajstić information content (AvgIpc) is 2.61. The van der Waals surface area contributed by atoms with Crippen molar-refractivity contribution in [3.05, 3.63) is 23.8 Å². The quantitative estimate of drug-likeness (QED) is 0.880. The van der Waals surface area contributed by atoms with E-state index in [0.717, 1.165) is 24.8 Å². The van der Waals surface area contributed by atoms with Gasteiger partial charge < -0.3 is 25.0 Å². The number of piperidine rings is 1. The van der Waals surface area contributed by atoms with Crippen LogP contribution in [0.2, 0.25) is 0 Å². The maximum absolute atomic E-state index is 13.0. The molecular formula is C18H25N3O4. The van der Waals surface area contributed by atoms with Crippen molar-refractivity contribution >= 4 is 11.9 Å². The van der Waals surface area contributed by atoms with Crippen molar-refractivity contribution < 1.29 is 19.1 Å². The Labute approximate surface area is 147 Å². The van der Waals surface area contributed by atoms with E-state index in [1.54, 1.807) is 12.0 Å². The van der Waals surface area contributed by atoms with Gasteiger partial charge in [-0.1, -0.05) is 12.1 Å². The maximum Gasteiger partial charge on any atom is 0.314 e. The second kappa shape index (κ2) is 7.63. The van der Waals surface area contributed by atoms with Crippen LogP contribution in [0.15, 0.2) is 18.2 Å². The minimum Gasteiger partial charge on any atom is -0.493 e. The van der Waals surface area contributed by atoms with Crippen molar-refractivity contribution in [1.29, 1.82) is 0 Å². The normalized spacial score (nSPS) is 20.8. The van der Waals surface area contributed by atoms with Crippen molar-refractivity contribution in [2.24, 2.45) is 11.7 Å². The molecule has 1 aromatic carbocycles. The van der Waals surface area contributed by atoms with Crippen molar-refractivity contribution in [1.82, 2.24) is 9.80 Å². The van der Waals surface area contributed by atoms with Crippen molar-refractivity contribution in [2.45, 2.75) is 25.8 Å². The van der Waals surface area contributed by atoms with Crippen molar-refractivity contribution in [3.63, 3.8) is 0 Å². The van der Waals surface area contributed by atoms with Gasteiger partial charge in [0, 0.05) is 31.7 Å². The Bertz CT molecular complexity index is 649. The largest absolute Gasteiger partial charge is 0.493 e. The van der Waals surface area contributed by atoms with Gasteiger partial charge in [-0.25, -0.2) is 4.79 Å². The third-order valence-corrected chi connectivity index (χ3v) is 4.85. The number of hydrogen-bond donors (Lipinski definition) is 1. The highest BCUT2D eigenvalue weighted by Gasteiger charge is 2.31. The van der Waals surface area contributed by atoms with Crippen LogP contribution in [0.3, 0.4) is 0 Å². The lowest BCUT2D eigenvalue weighted by atomic mass is 9.96. The van der Waals surface area contributed by atoms with E-state index in [1.165, 1.54) is 0 Å². The molecule has 2 aliphatic rings. The number of likely N-dealkylation sites (tertiary alicyclic amines) is 1. The van der Waals surface area contributed by atoms with Crippen LogP contribution in [0.4, 0.5) is 4.79 Å². The van der Waals surface area contributed by atoms with Gasteiger partial charge in [0.15, 0.2) is 11.5 Å². The first-order chi connectivity index (χ1) is 12.1. The lowest BCUT2D eigenvalue weighted by Crippen LogP contribution is -2.48. The van der Waals surface area contributed by atoms with Crippen LogP contribution >= 0.6 is 0 Å². The molecule has 0 saturated carbocycles. The van der Waals surface area contributed by atoms with Crippen LogP contribution in [-0.2, 0) is 11.3 Å². The summed E-state index contributed by atoms with van der Waals surface area (Å²) in [6, 6.07) is 5.27. The molecule has 0 aromatic heterocycles. The van der Waals surface area contributed by atoms with E-state index in [2.05, 4.69) is 0 Å². The first-order valence-electron chi connectivity index (χ1n) is 8.72. The van der Waals surface area contributed by atoms with E-state index in [4.69, 9.17) is 15.2 Å². The molecule has 7 heteroatoms. The van der Waals surface area contributed by atoms with Gasteiger partial charge in [-0.05, 0) is 25.3 Å². The van der Waals surface area contributed by atoms with Gasteiger partial charge in [-0.15, -0.1) is 0 Å². The Morgan fingerprint density at radius 1 is 1.24 bits per heavy atom. The van der Waals surface area contributed by atoms with Crippen LogP contribution in [-0.4, -0.2) is 55.1 Å². The Kier molecular flexibility index (Phi) is 5.31. The third-order valence-electron chi connectivity index (χ3n) is 4.85. The molecule has 0 unspecified atom stereocenters. The highest BCUT2D eigenvalue weighted by atomic mass is 16.5. The molecule has 1 atom stereocenters. The van der Waals surface area contributed by atoms with E-state index in [9.17, 15) is 9.59 Å². The van der Waals surface area contributed by atoms with E-state index in [0.29, 0.717) is 44.3 Å². The van der Waals surface area contributed by atoms with Crippen molar-refractivity contribution in [2.75, 3.05) is 33.4 Å². The Morgan fingerprint density at radius 3 is 2.80 bits per heavy atom.